The van der Waals surface area contributed by atoms with E-state index in [0.29, 0.717) is 18.0 Å². The maximum Gasteiger partial charge on any atom is 0.205 e. The van der Waals surface area contributed by atoms with E-state index in [1.54, 1.807) is 11.5 Å². The first kappa shape index (κ1) is 13.3. The van der Waals surface area contributed by atoms with E-state index in [1.165, 1.54) is 38.6 Å². The molecule has 4 nitrogen and oxygen atoms in total. The molecule has 2 atom stereocenters. The average Bonchev–Trinajstić information content (AvgIpc) is 3.10. The number of nitrogens with zero attached hydrogens (tertiary/aromatic N) is 3. The van der Waals surface area contributed by atoms with Crippen LogP contribution >= 0.6 is 11.5 Å². The van der Waals surface area contributed by atoms with Crippen molar-refractivity contribution in [3.63, 3.8) is 0 Å². The molecule has 0 aliphatic carbocycles. The maximum absolute atomic E-state index is 4.76. The van der Waals surface area contributed by atoms with E-state index in [9.17, 15) is 0 Å². The standard InChI is InChI=1S/C14H24N4S/c1-10(2)13-16-14(19-17-13)18-9-4-3-7-12(18)11-6-5-8-15-11/h10-12,15H,3-9H2,1-2H3. The zero-order chi connectivity index (χ0) is 13.2. The van der Waals surface area contributed by atoms with Crippen molar-refractivity contribution >= 4 is 16.7 Å². The van der Waals surface area contributed by atoms with Gasteiger partial charge in [-0.15, -0.1) is 0 Å². The molecule has 5 heteroatoms. The number of nitrogens with one attached hydrogen (secondary N) is 1. The van der Waals surface area contributed by atoms with Crippen LogP contribution in [0.5, 0.6) is 0 Å². The number of piperidine rings is 1. The SMILES string of the molecule is CC(C)c1nsc(N2CCCCC2C2CCCN2)n1. The van der Waals surface area contributed by atoms with Crippen LogP contribution in [0, 0.1) is 0 Å². The molecule has 0 bridgehead atoms. The Hall–Kier alpha value is -0.680. The summed E-state index contributed by atoms with van der Waals surface area (Å²) in [6.07, 6.45) is 6.59. The molecule has 3 rings (SSSR count). The number of aromatic nitrogens is 2. The molecule has 0 amide bonds. The summed E-state index contributed by atoms with van der Waals surface area (Å²) in [5.41, 5.74) is 0. The van der Waals surface area contributed by atoms with Crippen LogP contribution in [0.3, 0.4) is 0 Å². The van der Waals surface area contributed by atoms with Gasteiger partial charge in [-0.25, -0.2) is 4.98 Å². The Bertz CT molecular complexity index is 411. The fourth-order valence-corrected chi connectivity index (χ4v) is 4.12. The second-order valence-corrected chi connectivity index (χ2v) is 6.78. The van der Waals surface area contributed by atoms with Gasteiger partial charge in [0, 0.05) is 36.1 Å². The molecule has 2 fully saturated rings. The third kappa shape index (κ3) is 2.77. The van der Waals surface area contributed by atoms with E-state index in [2.05, 4.69) is 28.4 Å². The van der Waals surface area contributed by atoms with Crippen molar-refractivity contribution in [1.82, 2.24) is 14.7 Å². The Morgan fingerprint density at radius 2 is 2.16 bits per heavy atom. The van der Waals surface area contributed by atoms with Crippen LogP contribution in [0.4, 0.5) is 5.13 Å². The zero-order valence-electron chi connectivity index (χ0n) is 11.9. The van der Waals surface area contributed by atoms with E-state index >= 15 is 0 Å². The molecule has 0 aromatic carbocycles. The fourth-order valence-electron chi connectivity index (χ4n) is 3.23. The average molecular weight is 280 g/mol. The predicted molar refractivity (Wildman–Crippen MR) is 80.0 cm³/mol. The molecule has 1 aromatic rings. The summed E-state index contributed by atoms with van der Waals surface area (Å²) in [6, 6.07) is 1.29. The van der Waals surface area contributed by atoms with Gasteiger partial charge in [0.2, 0.25) is 5.13 Å². The number of hydrogen-bond acceptors (Lipinski definition) is 5. The summed E-state index contributed by atoms with van der Waals surface area (Å²) < 4.78 is 4.52. The summed E-state index contributed by atoms with van der Waals surface area (Å²) in [4.78, 5) is 7.28. The van der Waals surface area contributed by atoms with E-state index in [1.807, 2.05) is 0 Å². The van der Waals surface area contributed by atoms with E-state index < -0.39 is 0 Å². The minimum atomic E-state index is 0.429. The Kier molecular flexibility index (Phi) is 4.03. The molecule has 1 N–H and O–H groups in total. The first-order valence-corrected chi connectivity index (χ1v) is 8.36. The number of hydrogen-bond donors (Lipinski definition) is 1. The highest BCUT2D eigenvalue weighted by atomic mass is 32.1. The van der Waals surface area contributed by atoms with Gasteiger partial charge in [0.25, 0.3) is 0 Å². The van der Waals surface area contributed by atoms with Gasteiger partial charge in [-0.05, 0) is 38.6 Å². The first-order valence-electron chi connectivity index (χ1n) is 7.59. The van der Waals surface area contributed by atoms with Crippen LogP contribution in [-0.2, 0) is 0 Å². The Morgan fingerprint density at radius 1 is 1.26 bits per heavy atom. The Morgan fingerprint density at radius 3 is 2.84 bits per heavy atom. The topological polar surface area (TPSA) is 41.1 Å². The minimum Gasteiger partial charge on any atom is -0.342 e. The third-order valence-corrected chi connectivity index (χ3v) is 5.07. The summed E-state index contributed by atoms with van der Waals surface area (Å²) >= 11 is 1.58. The first-order chi connectivity index (χ1) is 9.25. The van der Waals surface area contributed by atoms with Crippen LogP contribution in [0.2, 0.25) is 0 Å². The van der Waals surface area contributed by atoms with E-state index in [4.69, 9.17) is 4.98 Å². The monoisotopic (exact) mass is 280 g/mol. The van der Waals surface area contributed by atoms with Crippen LogP contribution in [0.1, 0.15) is 57.7 Å². The molecule has 0 radical (unpaired) electrons. The highest BCUT2D eigenvalue weighted by Gasteiger charge is 2.33. The van der Waals surface area contributed by atoms with Crippen LogP contribution in [0.15, 0.2) is 0 Å². The van der Waals surface area contributed by atoms with Gasteiger partial charge < -0.3 is 10.2 Å². The quantitative estimate of drug-likeness (QED) is 0.924. The number of anilines is 1. The summed E-state index contributed by atoms with van der Waals surface area (Å²) in [5, 5.41) is 4.81. The second kappa shape index (κ2) is 5.75. The largest absolute Gasteiger partial charge is 0.342 e. The molecule has 2 aliphatic heterocycles. The predicted octanol–water partition coefficient (Wildman–Crippen LogP) is 2.77. The van der Waals surface area contributed by atoms with Gasteiger partial charge in [-0.1, -0.05) is 13.8 Å². The van der Waals surface area contributed by atoms with Crippen molar-refractivity contribution in [3.8, 4) is 0 Å². The highest BCUT2D eigenvalue weighted by Crippen LogP contribution is 2.31. The smallest absolute Gasteiger partial charge is 0.205 e. The Balaban J connectivity index is 1.78. The molecule has 2 aliphatic rings. The van der Waals surface area contributed by atoms with Crippen LogP contribution < -0.4 is 10.2 Å². The lowest BCUT2D eigenvalue weighted by atomic mass is 9.95. The lowest BCUT2D eigenvalue weighted by Crippen LogP contribution is -2.50. The lowest BCUT2D eigenvalue weighted by molar-refractivity contribution is 0.378. The lowest BCUT2D eigenvalue weighted by Gasteiger charge is -2.39. The van der Waals surface area contributed by atoms with Gasteiger partial charge in [0.1, 0.15) is 5.82 Å². The Labute approximate surface area is 119 Å². The van der Waals surface area contributed by atoms with Crippen molar-refractivity contribution in [2.45, 2.75) is 64.0 Å². The molecule has 0 saturated carbocycles. The molecule has 2 saturated heterocycles. The molecular weight excluding hydrogens is 256 g/mol. The molecule has 19 heavy (non-hydrogen) atoms. The van der Waals surface area contributed by atoms with Crippen LogP contribution in [0.25, 0.3) is 0 Å². The normalized spacial score (nSPS) is 28.3. The van der Waals surface area contributed by atoms with Crippen molar-refractivity contribution in [3.05, 3.63) is 5.82 Å². The van der Waals surface area contributed by atoms with E-state index in [-0.39, 0.29) is 0 Å². The van der Waals surface area contributed by atoms with Gasteiger partial charge in [-0.2, -0.15) is 4.37 Å². The highest BCUT2D eigenvalue weighted by molar-refractivity contribution is 7.09. The summed E-state index contributed by atoms with van der Waals surface area (Å²) in [7, 11) is 0. The molecular formula is C14H24N4S. The molecule has 3 heterocycles. The summed E-state index contributed by atoms with van der Waals surface area (Å²) in [6.45, 7) is 6.66. The second-order valence-electron chi connectivity index (χ2n) is 6.05. The van der Waals surface area contributed by atoms with Crippen molar-refractivity contribution in [2.24, 2.45) is 0 Å². The van der Waals surface area contributed by atoms with Gasteiger partial charge >= 0.3 is 0 Å². The molecule has 1 aromatic heterocycles. The molecule has 2 unspecified atom stereocenters. The fraction of sp³-hybridized carbons (Fsp3) is 0.857. The van der Waals surface area contributed by atoms with Gasteiger partial charge in [-0.3, -0.25) is 0 Å². The number of rotatable bonds is 3. The third-order valence-electron chi connectivity index (χ3n) is 4.31. The van der Waals surface area contributed by atoms with Gasteiger partial charge in [0.15, 0.2) is 0 Å². The van der Waals surface area contributed by atoms with Crippen molar-refractivity contribution in [2.75, 3.05) is 18.0 Å². The van der Waals surface area contributed by atoms with E-state index in [0.717, 1.165) is 17.5 Å². The van der Waals surface area contributed by atoms with Crippen LogP contribution in [-0.4, -0.2) is 34.5 Å². The minimum absolute atomic E-state index is 0.429. The molecule has 0 spiro atoms. The maximum atomic E-state index is 4.76. The molecule has 106 valence electrons. The van der Waals surface area contributed by atoms with Gasteiger partial charge in [0.05, 0.1) is 0 Å². The van der Waals surface area contributed by atoms with Crippen molar-refractivity contribution in [1.29, 1.82) is 0 Å². The zero-order valence-corrected chi connectivity index (χ0v) is 12.7. The van der Waals surface area contributed by atoms with Crippen molar-refractivity contribution < 1.29 is 0 Å². The summed E-state index contributed by atoms with van der Waals surface area (Å²) in [5.74, 6) is 1.43.